The van der Waals surface area contributed by atoms with E-state index in [0.29, 0.717) is 0 Å². The molecule has 1 heterocycles. The van der Waals surface area contributed by atoms with Gasteiger partial charge in [0, 0.05) is 14.8 Å². The van der Waals surface area contributed by atoms with E-state index in [2.05, 4.69) is 53.0 Å². The highest BCUT2D eigenvalue weighted by Crippen LogP contribution is 2.20. The minimum Gasteiger partial charge on any atom is -0.472 e. The molecule has 1 N–H and O–H groups in total. The van der Waals surface area contributed by atoms with Crippen LogP contribution in [0.5, 0.6) is 0 Å². The van der Waals surface area contributed by atoms with Crippen molar-refractivity contribution in [2.45, 2.75) is 13.0 Å². The van der Waals surface area contributed by atoms with Crippen molar-refractivity contribution in [2.24, 2.45) is 0 Å². The number of hydrogen-bond acceptors (Lipinski definition) is 2. The van der Waals surface area contributed by atoms with Crippen LogP contribution in [0.1, 0.15) is 18.5 Å². The highest BCUT2D eigenvalue weighted by Gasteiger charge is 2.05. The van der Waals surface area contributed by atoms with E-state index in [1.807, 2.05) is 12.1 Å². The third-order valence-corrected chi connectivity index (χ3v) is 2.92. The Hall–Kier alpha value is -0.970. The van der Waals surface area contributed by atoms with Gasteiger partial charge in [-0.25, -0.2) is 0 Å². The first-order valence-corrected chi connectivity index (χ1v) is 5.88. The zero-order chi connectivity index (χ0) is 10.7. The first kappa shape index (κ1) is 10.5. The first-order chi connectivity index (χ1) is 7.25. The van der Waals surface area contributed by atoms with E-state index in [1.54, 1.807) is 12.5 Å². The molecule has 2 nitrogen and oxygen atoms in total. The van der Waals surface area contributed by atoms with Crippen LogP contribution in [-0.4, -0.2) is 0 Å². The topological polar surface area (TPSA) is 25.2 Å². The third kappa shape index (κ3) is 2.75. The number of nitrogens with one attached hydrogen (secondary N) is 1. The summed E-state index contributed by atoms with van der Waals surface area (Å²) in [6, 6.07) is 10.6. The molecule has 0 amide bonds. The van der Waals surface area contributed by atoms with Crippen LogP contribution in [0.15, 0.2) is 47.3 Å². The molecule has 0 spiro atoms. The van der Waals surface area contributed by atoms with Crippen LogP contribution in [0.4, 0.5) is 5.69 Å². The Kier molecular flexibility index (Phi) is 3.30. The number of halogens is 1. The first-order valence-electron chi connectivity index (χ1n) is 4.80. The van der Waals surface area contributed by atoms with Gasteiger partial charge >= 0.3 is 0 Å². The molecule has 1 aromatic carbocycles. The lowest BCUT2D eigenvalue weighted by molar-refractivity contribution is 0.562. The van der Waals surface area contributed by atoms with Gasteiger partial charge in [-0.1, -0.05) is 6.07 Å². The second kappa shape index (κ2) is 4.70. The summed E-state index contributed by atoms with van der Waals surface area (Å²) >= 11 is 2.31. The van der Waals surface area contributed by atoms with Crippen molar-refractivity contribution in [1.29, 1.82) is 0 Å². The van der Waals surface area contributed by atoms with Crippen LogP contribution in [-0.2, 0) is 0 Å². The minimum absolute atomic E-state index is 0.266. The Morgan fingerprint density at radius 1 is 1.33 bits per heavy atom. The van der Waals surface area contributed by atoms with Crippen molar-refractivity contribution in [3.8, 4) is 0 Å². The standard InChI is InChI=1S/C12H12INO/c1-9(10-5-6-15-8-10)14-12-4-2-3-11(13)7-12/h2-9,14H,1H3. The molecule has 0 fully saturated rings. The average Bonchev–Trinajstić information content (AvgIpc) is 2.70. The van der Waals surface area contributed by atoms with E-state index < -0.39 is 0 Å². The van der Waals surface area contributed by atoms with E-state index in [0.717, 1.165) is 11.3 Å². The summed E-state index contributed by atoms with van der Waals surface area (Å²) in [6.45, 7) is 2.12. The predicted molar refractivity (Wildman–Crippen MR) is 69.9 cm³/mol. The van der Waals surface area contributed by atoms with Crippen LogP contribution in [0.3, 0.4) is 0 Å². The Morgan fingerprint density at radius 2 is 2.20 bits per heavy atom. The summed E-state index contributed by atoms with van der Waals surface area (Å²) in [5.41, 5.74) is 2.30. The highest BCUT2D eigenvalue weighted by molar-refractivity contribution is 14.1. The van der Waals surface area contributed by atoms with Gasteiger partial charge in [0.15, 0.2) is 0 Å². The van der Waals surface area contributed by atoms with Gasteiger partial charge in [-0.2, -0.15) is 0 Å². The maximum atomic E-state index is 5.06. The van der Waals surface area contributed by atoms with Gasteiger partial charge in [-0.3, -0.25) is 0 Å². The molecule has 1 aromatic heterocycles. The highest BCUT2D eigenvalue weighted by atomic mass is 127. The van der Waals surface area contributed by atoms with Gasteiger partial charge in [-0.05, 0) is 53.8 Å². The van der Waals surface area contributed by atoms with Gasteiger partial charge in [0.05, 0.1) is 18.6 Å². The molecule has 3 heteroatoms. The fourth-order valence-electron chi connectivity index (χ4n) is 1.43. The lowest BCUT2D eigenvalue weighted by atomic mass is 10.1. The van der Waals surface area contributed by atoms with Gasteiger partial charge in [0.2, 0.25) is 0 Å². The van der Waals surface area contributed by atoms with Crippen molar-refractivity contribution in [3.63, 3.8) is 0 Å². The fraction of sp³-hybridized carbons (Fsp3) is 0.167. The van der Waals surface area contributed by atoms with Gasteiger partial charge < -0.3 is 9.73 Å². The Labute approximate surface area is 103 Å². The van der Waals surface area contributed by atoms with Crippen molar-refractivity contribution in [1.82, 2.24) is 0 Å². The summed E-state index contributed by atoms with van der Waals surface area (Å²) in [7, 11) is 0. The second-order valence-electron chi connectivity index (χ2n) is 3.43. The van der Waals surface area contributed by atoms with Gasteiger partial charge in [0.25, 0.3) is 0 Å². The molecule has 15 heavy (non-hydrogen) atoms. The molecule has 2 aromatic rings. The molecule has 0 aliphatic carbocycles. The summed E-state index contributed by atoms with van der Waals surface area (Å²) in [6.07, 6.45) is 3.47. The Balaban J connectivity index is 2.09. The smallest absolute Gasteiger partial charge is 0.0955 e. The van der Waals surface area contributed by atoms with Crippen LogP contribution >= 0.6 is 22.6 Å². The SMILES string of the molecule is CC(Nc1cccc(I)c1)c1ccoc1. The lowest BCUT2D eigenvalue weighted by Gasteiger charge is -2.13. The van der Waals surface area contributed by atoms with Crippen LogP contribution in [0.25, 0.3) is 0 Å². The molecule has 2 rings (SSSR count). The van der Waals surface area contributed by atoms with Crippen molar-refractivity contribution < 1.29 is 4.42 Å². The molecule has 0 saturated carbocycles. The van der Waals surface area contributed by atoms with Crippen molar-refractivity contribution >= 4 is 28.3 Å². The average molecular weight is 313 g/mol. The Bertz CT molecular complexity index is 425. The number of hydrogen-bond donors (Lipinski definition) is 1. The lowest BCUT2D eigenvalue weighted by Crippen LogP contribution is -2.05. The normalized spacial score (nSPS) is 12.4. The van der Waals surface area contributed by atoms with Gasteiger partial charge in [0.1, 0.15) is 0 Å². The summed E-state index contributed by atoms with van der Waals surface area (Å²) in [5, 5.41) is 3.42. The van der Waals surface area contributed by atoms with Gasteiger partial charge in [-0.15, -0.1) is 0 Å². The van der Waals surface area contributed by atoms with E-state index in [-0.39, 0.29) is 6.04 Å². The van der Waals surface area contributed by atoms with Crippen molar-refractivity contribution in [3.05, 3.63) is 52.0 Å². The fourth-order valence-corrected chi connectivity index (χ4v) is 1.98. The minimum atomic E-state index is 0.266. The molecule has 0 bridgehead atoms. The van der Waals surface area contributed by atoms with E-state index in [1.165, 1.54) is 3.57 Å². The quantitative estimate of drug-likeness (QED) is 0.865. The molecular weight excluding hydrogens is 301 g/mol. The van der Waals surface area contributed by atoms with Crippen LogP contribution < -0.4 is 5.32 Å². The zero-order valence-corrected chi connectivity index (χ0v) is 10.6. The number of rotatable bonds is 3. The number of anilines is 1. The molecule has 0 aliphatic rings. The summed E-state index contributed by atoms with van der Waals surface area (Å²) in [5.74, 6) is 0. The molecule has 0 saturated heterocycles. The maximum Gasteiger partial charge on any atom is 0.0955 e. The Morgan fingerprint density at radius 3 is 2.87 bits per heavy atom. The summed E-state index contributed by atoms with van der Waals surface area (Å²) in [4.78, 5) is 0. The monoisotopic (exact) mass is 313 g/mol. The van der Waals surface area contributed by atoms with Crippen LogP contribution in [0, 0.1) is 3.57 Å². The summed E-state index contributed by atoms with van der Waals surface area (Å²) < 4.78 is 6.29. The predicted octanol–water partition coefficient (Wildman–Crippen LogP) is 4.06. The van der Waals surface area contributed by atoms with E-state index >= 15 is 0 Å². The zero-order valence-electron chi connectivity index (χ0n) is 8.41. The van der Waals surface area contributed by atoms with E-state index in [9.17, 15) is 0 Å². The molecule has 1 atom stereocenters. The molecule has 0 aliphatic heterocycles. The number of benzene rings is 1. The molecular formula is C12H12INO. The largest absolute Gasteiger partial charge is 0.472 e. The molecule has 1 unspecified atom stereocenters. The molecule has 78 valence electrons. The second-order valence-corrected chi connectivity index (χ2v) is 4.68. The van der Waals surface area contributed by atoms with Crippen LogP contribution in [0.2, 0.25) is 0 Å². The molecule has 0 radical (unpaired) electrons. The third-order valence-electron chi connectivity index (χ3n) is 2.25. The maximum absolute atomic E-state index is 5.06. The van der Waals surface area contributed by atoms with Crippen molar-refractivity contribution in [2.75, 3.05) is 5.32 Å². The van der Waals surface area contributed by atoms with E-state index in [4.69, 9.17) is 4.42 Å². The number of furan rings is 1.